The lowest BCUT2D eigenvalue weighted by atomic mass is 10.2. The molecule has 4 rings (SSSR count). The molecule has 1 fully saturated rings. The number of nitrogens with zero attached hydrogens (tertiary/aromatic N) is 6. The molecule has 0 saturated carbocycles. The molecule has 9 heteroatoms. The molecule has 136 valence electrons. The molecule has 0 amide bonds. The summed E-state index contributed by atoms with van der Waals surface area (Å²) in [5.41, 5.74) is 0.380. The van der Waals surface area contributed by atoms with Crippen LogP contribution in [-0.2, 0) is 6.18 Å². The van der Waals surface area contributed by atoms with Crippen LogP contribution in [0.25, 0.3) is 16.7 Å². The highest BCUT2D eigenvalue weighted by atomic mass is 19.4. The van der Waals surface area contributed by atoms with Crippen molar-refractivity contribution >= 4 is 16.9 Å². The predicted octanol–water partition coefficient (Wildman–Crippen LogP) is 2.59. The first kappa shape index (κ1) is 16.8. The average molecular weight is 362 g/mol. The lowest BCUT2D eigenvalue weighted by Crippen LogP contribution is -2.44. The normalized spacial score (nSPS) is 16.4. The first-order valence-electron chi connectivity index (χ1n) is 8.23. The fourth-order valence-corrected chi connectivity index (χ4v) is 3.03. The maximum Gasteiger partial charge on any atom is 0.416 e. The van der Waals surface area contributed by atoms with Gasteiger partial charge in [-0.1, -0.05) is 0 Å². The third-order valence-corrected chi connectivity index (χ3v) is 4.56. The molecule has 0 bridgehead atoms. The zero-order valence-electron chi connectivity index (χ0n) is 14.1. The fourth-order valence-electron chi connectivity index (χ4n) is 3.03. The minimum absolute atomic E-state index is 0.522. The average Bonchev–Trinajstić information content (AvgIpc) is 3.06. The van der Waals surface area contributed by atoms with E-state index >= 15 is 0 Å². The van der Waals surface area contributed by atoms with Crippen LogP contribution in [0.1, 0.15) is 5.56 Å². The monoisotopic (exact) mass is 362 g/mol. The van der Waals surface area contributed by atoms with Gasteiger partial charge in [-0.25, -0.2) is 14.6 Å². The van der Waals surface area contributed by atoms with Crippen LogP contribution in [0.3, 0.4) is 0 Å². The number of fused-ring (bicyclic) bond motifs is 1. The lowest BCUT2D eigenvalue weighted by molar-refractivity contribution is -0.137. The largest absolute Gasteiger partial charge is 0.416 e. The molecule has 0 N–H and O–H groups in total. The van der Waals surface area contributed by atoms with Gasteiger partial charge in [0.2, 0.25) is 0 Å². The van der Waals surface area contributed by atoms with Gasteiger partial charge in [0.05, 0.1) is 16.6 Å². The second kappa shape index (κ2) is 6.24. The number of hydrogen-bond donors (Lipinski definition) is 0. The van der Waals surface area contributed by atoms with Gasteiger partial charge < -0.3 is 9.80 Å². The third kappa shape index (κ3) is 3.10. The Morgan fingerprint density at radius 3 is 2.31 bits per heavy atom. The van der Waals surface area contributed by atoms with Gasteiger partial charge >= 0.3 is 6.18 Å². The van der Waals surface area contributed by atoms with Gasteiger partial charge in [-0.05, 0) is 31.3 Å². The SMILES string of the molecule is CN1CCN(c2ncnc3nn(-c4ccc(C(F)(F)F)cc4)cc23)CC1. The van der Waals surface area contributed by atoms with E-state index in [1.807, 2.05) is 0 Å². The van der Waals surface area contributed by atoms with Crippen molar-refractivity contribution in [3.05, 3.63) is 42.4 Å². The number of anilines is 1. The summed E-state index contributed by atoms with van der Waals surface area (Å²) >= 11 is 0. The maximum atomic E-state index is 12.7. The van der Waals surface area contributed by atoms with Gasteiger partial charge in [0, 0.05) is 32.4 Å². The number of halogens is 3. The van der Waals surface area contributed by atoms with E-state index < -0.39 is 11.7 Å². The van der Waals surface area contributed by atoms with Crippen molar-refractivity contribution in [3.63, 3.8) is 0 Å². The molecule has 26 heavy (non-hydrogen) atoms. The highest BCUT2D eigenvalue weighted by Crippen LogP contribution is 2.30. The van der Waals surface area contributed by atoms with Crippen molar-refractivity contribution in [3.8, 4) is 5.69 Å². The van der Waals surface area contributed by atoms with Crippen molar-refractivity contribution in [2.45, 2.75) is 6.18 Å². The summed E-state index contributed by atoms with van der Waals surface area (Å²) in [5, 5.41) is 5.18. The summed E-state index contributed by atoms with van der Waals surface area (Å²) in [5.74, 6) is 0.807. The lowest BCUT2D eigenvalue weighted by Gasteiger charge is -2.33. The summed E-state index contributed by atoms with van der Waals surface area (Å²) in [6.07, 6.45) is -1.11. The summed E-state index contributed by atoms with van der Waals surface area (Å²) in [6.45, 7) is 3.60. The Morgan fingerprint density at radius 1 is 0.962 bits per heavy atom. The number of hydrogen-bond acceptors (Lipinski definition) is 5. The quantitative estimate of drug-likeness (QED) is 0.701. The molecule has 0 radical (unpaired) electrons. The first-order valence-corrected chi connectivity index (χ1v) is 8.23. The molecule has 0 atom stereocenters. The van der Waals surface area contributed by atoms with Gasteiger partial charge in [0.1, 0.15) is 12.1 Å². The van der Waals surface area contributed by atoms with E-state index in [-0.39, 0.29) is 0 Å². The molecule has 3 aromatic rings. The van der Waals surface area contributed by atoms with Gasteiger partial charge in [0.25, 0.3) is 0 Å². The molecular formula is C17H17F3N6. The minimum atomic E-state index is -4.35. The van der Waals surface area contributed by atoms with Crippen LogP contribution in [-0.4, -0.2) is 57.9 Å². The van der Waals surface area contributed by atoms with E-state index in [1.165, 1.54) is 18.5 Å². The summed E-state index contributed by atoms with van der Waals surface area (Å²) in [6, 6.07) is 4.90. The predicted molar refractivity (Wildman–Crippen MR) is 91.4 cm³/mol. The van der Waals surface area contributed by atoms with Crippen LogP contribution >= 0.6 is 0 Å². The van der Waals surface area contributed by atoms with Crippen LogP contribution < -0.4 is 4.90 Å². The van der Waals surface area contributed by atoms with Gasteiger partial charge in [0.15, 0.2) is 5.65 Å². The number of likely N-dealkylation sites (N-methyl/N-ethyl adjacent to an activating group) is 1. The Morgan fingerprint density at radius 2 is 1.65 bits per heavy atom. The Bertz CT molecular complexity index is 910. The van der Waals surface area contributed by atoms with Gasteiger partial charge in [-0.15, -0.1) is 5.10 Å². The van der Waals surface area contributed by atoms with Crippen molar-refractivity contribution in [1.29, 1.82) is 0 Å². The van der Waals surface area contributed by atoms with Crippen LogP contribution in [0.5, 0.6) is 0 Å². The first-order chi connectivity index (χ1) is 12.4. The Kier molecular flexibility index (Phi) is 4.03. The molecule has 1 aliphatic heterocycles. The van der Waals surface area contributed by atoms with Crippen LogP contribution in [0, 0.1) is 0 Å². The van der Waals surface area contributed by atoms with Crippen LogP contribution in [0.2, 0.25) is 0 Å². The van der Waals surface area contributed by atoms with Crippen molar-refractivity contribution in [2.24, 2.45) is 0 Å². The number of alkyl halides is 3. The Hall–Kier alpha value is -2.68. The molecule has 2 aromatic heterocycles. The van der Waals surface area contributed by atoms with E-state index in [9.17, 15) is 13.2 Å². The number of aromatic nitrogens is 4. The molecule has 1 aromatic carbocycles. The topological polar surface area (TPSA) is 50.1 Å². The van der Waals surface area contributed by atoms with Crippen molar-refractivity contribution < 1.29 is 13.2 Å². The molecule has 3 heterocycles. The fraction of sp³-hybridized carbons (Fsp3) is 0.353. The summed E-state index contributed by atoms with van der Waals surface area (Å²) < 4.78 is 39.7. The molecule has 1 saturated heterocycles. The number of benzene rings is 1. The molecular weight excluding hydrogens is 345 g/mol. The number of piperazine rings is 1. The van der Waals surface area contributed by atoms with E-state index in [0.717, 1.165) is 49.5 Å². The highest BCUT2D eigenvalue weighted by Gasteiger charge is 2.30. The van der Waals surface area contributed by atoms with E-state index in [0.29, 0.717) is 11.3 Å². The Labute approximate surface area is 147 Å². The molecule has 1 aliphatic rings. The maximum absolute atomic E-state index is 12.7. The second-order valence-electron chi connectivity index (χ2n) is 6.34. The highest BCUT2D eigenvalue weighted by molar-refractivity contribution is 5.86. The van der Waals surface area contributed by atoms with E-state index in [2.05, 4.69) is 31.9 Å². The van der Waals surface area contributed by atoms with Crippen molar-refractivity contribution in [2.75, 3.05) is 38.1 Å². The van der Waals surface area contributed by atoms with Gasteiger partial charge in [-0.3, -0.25) is 0 Å². The van der Waals surface area contributed by atoms with Gasteiger partial charge in [-0.2, -0.15) is 13.2 Å². The summed E-state index contributed by atoms with van der Waals surface area (Å²) in [7, 11) is 2.08. The zero-order valence-corrected chi connectivity index (χ0v) is 14.1. The molecule has 0 unspecified atom stereocenters. The summed E-state index contributed by atoms with van der Waals surface area (Å²) in [4.78, 5) is 13.0. The van der Waals surface area contributed by atoms with E-state index in [4.69, 9.17) is 0 Å². The third-order valence-electron chi connectivity index (χ3n) is 4.56. The number of rotatable bonds is 2. The molecule has 0 spiro atoms. The Balaban J connectivity index is 1.69. The van der Waals surface area contributed by atoms with E-state index in [1.54, 1.807) is 10.9 Å². The van der Waals surface area contributed by atoms with Crippen LogP contribution in [0.4, 0.5) is 19.0 Å². The smallest absolute Gasteiger partial charge is 0.353 e. The molecule has 0 aliphatic carbocycles. The minimum Gasteiger partial charge on any atom is -0.353 e. The van der Waals surface area contributed by atoms with Crippen LogP contribution in [0.15, 0.2) is 36.8 Å². The zero-order chi connectivity index (χ0) is 18.3. The van der Waals surface area contributed by atoms with Crippen molar-refractivity contribution in [1.82, 2.24) is 24.6 Å². The molecule has 6 nitrogen and oxygen atoms in total. The standard InChI is InChI=1S/C17H17F3N6/c1-24-6-8-25(9-7-24)16-14-10-26(23-15(14)21-11-22-16)13-4-2-12(3-5-13)17(18,19)20/h2-5,10-11H,6-9H2,1H3. The second-order valence-corrected chi connectivity index (χ2v) is 6.34.